The molecule has 2 rings (SSSR count). The molecule has 0 aromatic heterocycles. The lowest BCUT2D eigenvalue weighted by Gasteiger charge is -2.15. The molecule has 5 nitrogen and oxygen atoms in total. The van der Waals surface area contributed by atoms with Crippen molar-refractivity contribution in [2.24, 2.45) is 0 Å². The zero-order valence-electron chi connectivity index (χ0n) is 10.6. The van der Waals surface area contributed by atoms with Crippen molar-refractivity contribution in [3.8, 4) is 11.8 Å². The zero-order valence-corrected chi connectivity index (χ0v) is 10.6. The lowest BCUT2D eigenvalue weighted by molar-refractivity contribution is -0.125. The topological polar surface area (TPSA) is 60.9 Å². The van der Waals surface area contributed by atoms with Gasteiger partial charge in [0.1, 0.15) is 13.2 Å². The molecule has 1 aliphatic heterocycles. The molecule has 1 heterocycles. The van der Waals surface area contributed by atoms with Crippen molar-refractivity contribution in [2.75, 3.05) is 20.2 Å². The van der Waals surface area contributed by atoms with Gasteiger partial charge in [-0.25, -0.2) is 4.79 Å². The molecule has 0 aliphatic carbocycles. The van der Waals surface area contributed by atoms with Gasteiger partial charge in [-0.15, -0.1) is 0 Å². The first-order valence-electron chi connectivity index (χ1n) is 5.86. The highest BCUT2D eigenvalue weighted by Crippen LogP contribution is 2.15. The summed E-state index contributed by atoms with van der Waals surface area (Å²) >= 11 is 0. The SMILES string of the molecule is CN1CC(=O)N(Cc2ccccc2C#CCO)C1=O. The van der Waals surface area contributed by atoms with Crippen LogP contribution in [-0.2, 0) is 11.3 Å². The number of hydrogen-bond donors (Lipinski definition) is 1. The Morgan fingerprint density at radius 1 is 1.32 bits per heavy atom. The quantitative estimate of drug-likeness (QED) is 0.618. The summed E-state index contributed by atoms with van der Waals surface area (Å²) in [6.45, 7) is 0.0975. The Hall–Kier alpha value is -2.32. The molecule has 98 valence electrons. The maximum Gasteiger partial charge on any atom is 0.327 e. The zero-order chi connectivity index (χ0) is 13.8. The summed E-state index contributed by atoms with van der Waals surface area (Å²) in [5, 5.41) is 8.72. The van der Waals surface area contributed by atoms with Crippen LogP contribution in [0.5, 0.6) is 0 Å². The maximum absolute atomic E-state index is 11.8. The number of carbonyl (C=O) groups excluding carboxylic acids is 2. The van der Waals surface area contributed by atoms with Crippen LogP contribution >= 0.6 is 0 Å². The molecule has 0 spiro atoms. The number of imide groups is 1. The molecule has 0 bridgehead atoms. The van der Waals surface area contributed by atoms with Gasteiger partial charge >= 0.3 is 6.03 Å². The van der Waals surface area contributed by atoms with Gasteiger partial charge in [0.15, 0.2) is 0 Å². The highest BCUT2D eigenvalue weighted by Gasteiger charge is 2.33. The Morgan fingerprint density at radius 3 is 2.68 bits per heavy atom. The predicted molar refractivity (Wildman–Crippen MR) is 69.0 cm³/mol. The average Bonchev–Trinajstić information content (AvgIpc) is 2.64. The first-order chi connectivity index (χ1) is 9.13. The van der Waals surface area contributed by atoms with Gasteiger partial charge in [-0.3, -0.25) is 9.69 Å². The number of urea groups is 1. The van der Waals surface area contributed by atoms with Crippen LogP contribution in [0.25, 0.3) is 0 Å². The third kappa shape index (κ3) is 2.75. The summed E-state index contributed by atoms with van der Waals surface area (Å²) in [4.78, 5) is 26.1. The van der Waals surface area contributed by atoms with Gasteiger partial charge in [-0.05, 0) is 11.6 Å². The molecular weight excluding hydrogens is 244 g/mol. The van der Waals surface area contributed by atoms with Crippen LogP contribution in [0.2, 0.25) is 0 Å². The minimum absolute atomic E-state index is 0.114. The average molecular weight is 258 g/mol. The van der Waals surface area contributed by atoms with E-state index >= 15 is 0 Å². The van der Waals surface area contributed by atoms with E-state index in [0.717, 1.165) is 5.56 Å². The van der Waals surface area contributed by atoms with Gasteiger partial charge < -0.3 is 10.0 Å². The Labute approximate surface area is 111 Å². The third-order valence-corrected chi connectivity index (χ3v) is 2.88. The minimum atomic E-state index is -0.296. The number of amides is 3. The van der Waals surface area contributed by atoms with Crippen LogP contribution < -0.4 is 0 Å². The Morgan fingerprint density at radius 2 is 2.05 bits per heavy atom. The van der Waals surface area contributed by atoms with Crippen LogP contribution in [0.15, 0.2) is 24.3 Å². The van der Waals surface area contributed by atoms with Crippen molar-refractivity contribution in [3.63, 3.8) is 0 Å². The molecule has 5 heteroatoms. The highest BCUT2D eigenvalue weighted by molar-refractivity contribution is 6.01. The van der Waals surface area contributed by atoms with Crippen molar-refractivity contribution in [2.45, 2.75) is 6.54 Å². The Kier molecular flexibility index (Phi) is 3.83. The minimum Gasteiger partial charge on any atom is -0.384 e. The lowest BCUT2D eigenvalue weighted by Crippen LogP contribution is -2.31. The number of aliphatic hydroxyl groups is 1. The van der Waals surface area contributed by atoms with E-state index in [4.69, 9.17) is 5.11 Å². The van der Waals surface area contributed by atoms with E-state index < -0.39 is 0 Å². The molecule has 1 fully saturated rings. The lowest BCUT2D eigenvalue weighted by atomic mass is 10.1. The number of benzene rings is 1. The first-order valence-corrected chi connectivity index (χ1v) is 5.86. The van der Waals surface area contributed by atoms with Crippen LogP contribution in [-0.4, -0.2) is 47.0 Å². The fraction of sp³-hybridized carbons (Fsp3) is 0.286. The normalized spacial score (nSPS) is 14.6. The molecule has 1 saturated heterocycles. The number of rotatable bonds is 2. The number of likely N-dealkylation sites (N-methyl/N-ethyl adjacent to an activating group) is 1. The first kappa shape index (κ1) is 13.1. The molecule has 0 saturated carbocycles. The van der Waals surface area contributed by atoms with Crippen molar-refractivity contribution >= 4 is 11.9 Å². The fourth-order valence-electron chi connectivity index (χ4n) is 1.91. The second kappa shape index (κ2) is 5.55. The van der Waals surface area contributed by atoms with Crippen molar-refractivity contribution < 1.29 is 14.7 Å². The predicted octanol–water partition coefficient (Wildman–Crippen LogP) is 0.424. The molecule has 0 unspecified atom stereocenters. The highest BCUT2D eigenvalue weighted by atomic mass is 16.2. The van der Waals surface area contributed by atoms with Crippen LogP contribution in [0.4, 0.5) is 4.79 Å². The van der Waals surface area contributed by atoms with E-state index in [2.05, 4.69) is 11.8 Å². The monoisotopic (exact) mass is 258 g/mol. The molecule has 1 aliphatic rings. The second-order valence-electron chi connectivity index (χ2n) is 4.24. The Bertz CT molecular complexity index is 572. The molecule has 3 amide bonds. The number of hydrogen-bond acceptors (Lipinski definition) is 3. The molecule has 19 heavy (non-hydrogen) atoms. The van der Waals surface area contributed by atoms with Crippen LogP contribution in [0, 0.1) is 11.8 Å². The van der Waals surface area contributed by atoms with Gasteiger partial charge in [0, 0.05) is 12.6 Å². The number of nitrogens with zero attached hydrogens (tertiary/aromatic N) is 2. The third-order valence-electron chi connectivity index (χ3n) is 2.88. The van der Waals surface area contributed by atoms with Gasteiger partial charge in [0.25, 0.3) is 5.91 Å². The maximum atomic E-state index is 11.8. The standard InChI is InChI=1S/C14H14N2O3/c1-15-10-13(18)16(14(15)19)9-12-6-3-2-5-11(12)7-4-8-17/h2-3,5-6,17H,8-10H2,1H3. The van der Waals surface area contributed by atoms with Crippen molar-refractivity contribution in [1.29, 1.82) is 0 Å². The summed E-state index contributed by atoms with van der Waals surface area (Å²) in [6, 6.07) is 6.97. The summed E-state index contributed by atoms with van der Waals surface area (Å²) < 4.78 is 0. The van der Waals surface area contributed by atoms with E-state index in [9.17, 15) is 9.59 Å². The summed E-state index contributed by atoms with van der Waals surface area (Å²) in [5.41, 5.74) is 1.51. The molecule has 1 aromatic rings. The summed E-state index contributed by atoms with van der Waals surface area (Å²) in [7, 11) is 1.59. The van der Waals surface area contributed by atoms with E-state index in [1.807, 2.05) is 18.2 Å². The molecule has 0 radical (unpaired) electrons. The summed E-state index contributed by atoms with van der Waals surface area (Å²) in [6.07, 6.45) is 0. The van der Waals surface area contributed by atoms with Gasteiger partial charge in [-0.1, -0.05) is 30.0 Å². The van der Waals surface area contributed by atoms with Crippen LogP contribution in [0.3, 0.4) is 0 Å². The molecule has 1 aromatic carbocycles. The van der Waals surface area contributed by atoms with Gasteiger partial charge in [-0.2, -0.15) is 0 Å². The Balaban J connectivity index is 2.24. The smallest absolute Gasteiger partial charge is 0.327 e. The molecule has 0 atom stereocenters. The summed E-state index contributed by atoms with van der Waals surface area (Å²) in [5.74, 6) is 5.17. The largest absolute Gasteiger partial charge is 0.384 e. The van der Waals surface area contributed by atoms with Crippen molar-refractivity contribution in [1.82, 2.24) is 9.80 Å². The molecular formula is C14H14N2O3. The van der Waals surface area contributed by atoms with Gasteiger partial charge in [0.05, 0.1) is 6.54 Å². The van der Waals surface area contributed by atoms with Crippen molar-refractivity contribution in [3.05, 3.63) is 35.4 Å². The van der Waals surface area contributed by atoms with Gasteiger partial charge in [0.2, 0.25) is 0 Å². The van der Waals surface area contributed by atoms with E-state index in [-0.39, 0.29) is 31.6 Å². The number of aliphatic hydroxyl groups excluding tert-OH is 1. The second-order valence-corrected chi connectivity index (χ2v) is 4.24. The van der Waals surface area contributed by atoms with Crippen LogP contribution in [0.1, 0.15) is 11.1 Å². The van der Waals surface area contributed by atoms with E-state index in [0.29, 0.717) is 5.56 Å². The van der Waals surface area contributed by atoms with E-state index in [1.54, 1.807) is 13.1 Å². The molecule has 1 N–H and O–H groups in total. The fourth-order valence-corrected chi connectivity index (χ4v) is 1.91. The van der Waals surface area contributed by atoms with E-state index in [1.165, 1.54) is 9.80 Å². The number of carbonyl (C=O) groups is 2.